The molecule has 0 amide bonds. The third-order valence-corrected chi connectivity index (χ3v) is 7.60. The van der Waals surface area contributed by atoms with Gasteiger partial charge in [-0.1, -0.05) is 47.7 Å². The van der Waals surface area contributed by atoms with Crippen LogP contribution in [-0.4, -0.2) is 29.5 Å². The summed E-state index contributed by atoms with van der Waals surface area (Å²) in [5, 5.41) is 0. The van der Waals surface area contributed by atoms with Gasteiger partial charge in [0.25, 0.3) is 5.56 Å². The van der Waals surface area contributed by atoms with Crippen LogP contribution in [0.2, 0.25) is 0 Å². The van der Waals surface area contributed by atoms with E-state index in [0.29, 0.717) is 45.8 Å². The number of benzene rings is 3. The van der Waals surface area contributed by atoms with Crippen LogP contribution in [0.15, 0.2) is 71.5 Å². The summed E-state index contributed by atoms with van der Waals surface area (Å²) in [5.74, 6) is 1.35. The maximum atomic E-state index is 13.9. The molecule has 0 bridgehead atoms. The molecule has 40 heavy (non-hydrogen) atoms. The molecule has 6 nitrogen and oxygen atoms in total. The van der Waals surface area contributed by atoms with Gasteiger partial charge in [-0.15, -0.1) is 13.2 Å². The first-order valence-electron chi connectivity index (χ1n) is 12.6. The minimum atomic E-state index is -4.82. The summed E-state index contributed by atoms with van der Waals surface area (Å²) in [7, 11) is 1.58. The Balaban J connectivity index is 1.49. The summed E-state index contributed by atoms with van der Waals surface area (Å²) in [6, 6.07) is 18.2. The van der Waals surface area contributed by atoms with Crippen molar-refractivity contribution in [3.8, 4) is 28.4 Å². The normalized spacial score (nSPS) is 13.8. The highest BCUT2D eigenvalue weighted by Gasteiger charge is 2.31. The third kappa shape index (κ3) is 5.27. The first-order chi connectivity index (χ1) is 19.3. The summed E-state index contributed by atoms with van der Waals surface area (Å²) >= 11 is 1.38. The highest BCUT2D eigenvalue weighted by molar-refractivity contribution is 7.23. The molecule has 0 saturated heterocycles. The smallest absolute Gasteiger partial charge is 0.493 e. The van der Waals surface area contributed by atoms with Crippen molar-refractivity contribution < 1.29 is 27.4 Å². The van der Waals surface area contributed by atoms with E-state index in [1.54, 1.807) is 19.3 Å². The van der Waals surface area contributed by atoms with E-state index in [1.807, 2.05) is 42.5 Å². The van der Waals surface area contributed by atoms with Crippen molar-refractivity contribution in [1.29, 1.82) is 0 Å². The lowest BCUT2D eigenvalue weighted by Gasteiger charge is -2.13. The van der Waals surface area contributed by atoms with Crippen LogP contribution in [0.5, 0.6) is 17.2 Å². The van der Waals surface area contributed by atoms with Gasteiger partial charge in [-0.25, -0.2) is 4.98 Å². The van der Waals surface area contributed by atoms with Crippen LogP contribution in [0.4, 0.5) is 13.2 Å². The molecule has 2 heterocycles. The molecule has 1 aliphatic rings. The number of alkyl halides is 3. The molecule has 0 atom stereocenters. The molecule has 0 aliphatic heterocycles. The van der Waals surface area contributed by atoms with Crippen molar-refractivity contribution in [3.05, 3.63) is 88.3 Å². The van der Waals surface area contributed by atoms with E-state index in [4.69, 9.17) is 14.5 Å². The number of fused-ring (bicyclic) bond motifs is 3. The average Bonchev–Trinajstić information content (AvgIpc) is 3.68. The molecule has 2 aromatic heterocycles. The zero-order valence-electron chi connectivity index (χ0n) is 21.3. The summed E-state index contributed by atoms with van der Waals surface area (Å²) in [5.41, 5.74) is 2.15. The van der Waals surface area contributed by atoms with E-state index >= 15 is 0 Å². The summed E-state index contributed by atoms with van der Waals surface area (Å²) < 4.78 is 56.2. The SMILES string of the molecule is COc1cccc(C=Cc2nc3sc4ccccc4n3c(=O)c2-c2ccc(OC(F)(F)F)cc2)c1OCC1CC1. The molecule has 10 heteroatoms. The first-order valence-corrected chi connectivity index (χ1v) is 13.4. The van der Waals surface area contributed by atoms with Crippen LogP contribution in [-0.2, 0) is 0 Å². The largest absolute Gasteiger partial charge is 0.573 e. The molecule has 3 aromatic carbocycles. The standard InChI is InChI=1S/C30H23F3N2O4S/c1-37-24-7-4-5-20(27(24)38-17-18-9-10-18)13-16-22-26(19-11-14-21(15-12-19)39-30(31,32)33)28(36)35-23-6-2-3-8-25(23)40-29(35)34-22/h2-8,11-16,18H,9-10,17H2,1H3. The van der Waals surface area contributed by atoms with E-state index in [1.165, 1.54) is 40.0 Å². The molecular formula is C30H23F3N2O4S. The van der Waals surface area contributed by atoms with Crippen LogP contribution in [0.25, 0.3) is 38.5 Å². The Morgan fingerprint density at radius 3 is 2.52 bits per heavy atom. The van der Waals surface area contributed by atoms with E-state index < -0.39 is 6.36 Å². The van der Waals surface area contributed by atoms with Crippen LogP contribution < -0.4 is 19.8 Å². The fraction of sp³-hybridized carbons (Fsp3) is 0.200. The van der Waals surface area contributed by atoms with Gasteiger partial charge >= 0.3 is 6.36 Å². The fourth-order valence-corrected chi connectivity index (χ4v) is 5.50. The van der Waals surface area contributed by atoms with E-state index in [2.05, 4.69) is 4.74 Å². The highest BCUT2D eigenvalue weighted by atomic mass is 32.1. The van der Waals surface area contributed by atoms with Gasteiger partial charge in [0, 0.05) is 5.56 Å². The predicted molar refractivity (Wildman–Crippen MR) is 149 cm³/mol. The number of halogens is 3. The number of hydrogen-bond acceptors (Lipinski definition) is 6. The Morgan fingerprint density at radius 1 is 1.02 bits per heavy atom. The number of rotatable bonds is 8. The number of aromatic nitrogens is 2. The van der Waals surface area contributed by atoms with Crippen LogP contribution in [0, 0.1) is 5.92 Å². The number of hydrogen-bond donors (Lipinski definition) is 0. The highest BCUT2D eigenvalue weighted by Crippen LogP contribution is 2.36. The lowest BCUT2D eigenvalue weighted by molar-refractivity contribution is -0.274. The van der Waals surface area contributed by atoms with E-state index in [9.17, 15) is 18.0 Å². The van der Waals surface area contributed by atoms with Crippen molar-refractivity contribution in [3.63, 3.8) is 0 Å². The number of methoxy groups -OCH3 is 1. The van der Waals surface area contributed by atoms with Crippen LogP contribution >= 0.6 is 11.3 Å². The molecule has 0 N–H and O–H groups in total. The molecule has 1 fully saturated rings. The van der Waals surface area contributed by atoms with Crippen molar-refractivity contribution >= 4 is 38.7 Å². The van der Waals surface area contributed by atoms with Gasteiger partial charge in [0.1, 0.15) is 5.75 Å². The number of nitrogens with zero attached hydrogens (tertiary/aromatic N) is 2. The zero-order chi connectivity index (χ0) is 27.9. The zero-order valence-corrected chi connectivity index (χ0v) is 22.1. The summed E-state index contributed by atoms with van der Waals surface area (Å²) in [6.07, 6.45) is 0.987. The third-order valence-electron chi connectivity index (χ3n) is 6.57. The second kappa shape index (κ2) is 10.3. The Labute approximate surface area is 230 Å². The second-order valence-corrected chi connectivity index (χ2v) is 10.4. The predicted octanol–water partition coefficient (Wildman–Crippen LogP) is 7.44. The molecule has 204 valence electrons. The van der Waals surface area contributed by atoms with Crippen molar-refractivity contribution in [2.24, 2.45) is 5.92 Å². The van der Waals surface area contributed by atoms with Crippen LogP contribution in [0.3, 0.4) is 0 Å². The van der Waals surface area contributed by atoms with E-state index in [0.717, 1.165) is 23.1 Å². The fourth-order valence-electron chi connectivity index (χ4n) is 4.47. The maximum Gasteiger partial charge on any atom is 0.573 e. The minimum Gasteiger partial charge on any atom is -0.493 e. The molecule has 6 rings (SSSR count). The quantitative estimate of drug-likeness (QED) is 0.196. The summed E-state index contributed by atoms with van der Waals surface area (Å²) in [6.45, 7) is 0.589. The molecule has 0 spiro atoms. The Bertz CT molecular complexity index is 1790. The molecule has 1 aliphatic carbocycles. The maximum absolute atomic E-state index is 13.9. The number of para-hydroxylation sites is 2. The first kappa shape index (κ1) is 25.9. The van der Waals surface area contributed by atoms with Crippen LogP contribution in [0.1, 0.15) is 24.1 Å². The molecule has 1 saturated carbocycles. The van der Waals surface area contributed by atoms with Gasteiger partial charge in [0.15, 0.2) is 16.5 Å². The Kier molecular flexibility index (Phi) is 6.71. The number of thiazole rings is 1. The van der Waals surface area contributed by atoms with Gasteiger partial charge in [-0.05, 0) is 66.8 Å². The number of ether oxygens (including phenoxy) is 3. The van der Waals surface area contributed by atoms with Crippen molar-refractivity contribution in [1.82, 2.24) is 9.38 Å². The monoisotopic (exact) mass is 564 g/mol. The Morgan fingerprint density at radius 2 is 1.80 bits per heavy atom. The average molecular weight is 565 g/mol. The van der Waals surface area contributed by atoms with Crippen molar-refractivity contribution in [2.45, 2.75) is 19.2 Å². The molecular weight excluding hydrogens is 541 g/mol. The van der Waals surface area contributed by atoms with Gasteiger partial charge < -0.3 is 14.2 Å². The van der Waals surface area contributed by atoms with Gasteiger partial charge in [0.2, 0.25) is 0 Å². The molecule has 5 aromatic rings. The second-order valence-electron chi connectivity index (χ2n) is 9.40. The van der Waals surface area contributed by atoms with Gasteiger partial charge in [0.05, 0.1) is 35.2 Å². The summed E-state index contributed by atoms with van der Waals surface area (Å²) in [4.78, 5) is 19.3. The molecule has 0 unspecified atom stereocenters. The topological polar surface area (TPSA) is 62.1 Å². The Hall–Kier alpha value is -4.31. The lowest BCUT2D eigenvalue weighted by atomic mass is 10.0. The van der Waals surface area contributed by atoms with Crippen molar-refractivity contribution in [2.75, 3.05) is 13.7 Å². The molecule has 0 radical (unpaired) electrons. The minimum absolute atomic E-state index is 0.249. The van der Waals surface area contributed by atoms with Gasteiger partial charge in [-0.3, -0.25) is 9.20 Å². The lowest BCUT2D eigenvalue weighted by Crippen LogP contribution is -2.18. The van der Waals surface area contributed by atoms with Gasteiger partial charge in [-0.2, -0.15) is 0 Å². The van der Waals surface area contributed by atoms with E-state index in [-0.39, 0.29) is 16.9 Å².